The third-order valence-corrected chi connectivity index (χ3v) is 6.73. The molecule has 9 heteroatoms. The number of carbonyl (C=O) groups excluding carboxylic acids is 2. The van der Waals surface area contributed by atoms with Gasteiger partial charge in [-0.25, -0.2) is 0 Å². The maximum absolute atomic E-state index is 13.9. The van der Waals surface area contributed by atoms with Gasteiger partial charge in [0.1, 0.15) is 11.0 Å². The van der Waals surface area contributed by atoms with E-state index in [2.05, 4.69) is 29.5 Å². The Hall–Kier alpha value is -3.04. The molecule has 4 rings (SSSR count). The van der Waals surface area contributed by atoms with E-state index < -0.39 is 11.8 Å². The molecule has 38 heavy (non-hydrogen) atoms. The second-order valence-electron chi connectivity index (χ2n) is 9.63. The summed E-state index contributed by atoms with van der Waals surface area (Å²) in [7, 11) is 2.98. The molecule has 0 aliphatic rings. The van der Waals surface area contributed by atoms with Crippen LogP contribution in [0.25, 0.3) is 16.6 Å². The number of carboxylic acid groups (broad SMARTS) is 1. The second kappa shape index (κ2) is 12.2. The molecule has 0 radical (unpaired) electrons. The number of carbonyl (C=O) groups is 2. The number of hydrogen-bond acceptors (Lipinski definition) is 8. The average molecular weight is 539 g/mol. The summed E-state index contributed by atoms with van der Waals surface area (Å²) >= 11 is 1.03. The Morgan fingerprint density at radius 2 is 1.47 bits per heavy atom. The van der Waals surface area contributed by atoms with Crippen molar-refractivity contribution in [1.29, 1.82) is 0 Å². The summed E-state index contributed by atoms with van der Waals surface area (Å²) in [5.41, 5.74) is 3.60. The van der Waals surface area contributed by atoms with E-state index in [1.807, 2.05) is 24.3 Å². The Bertz CT molecular complexity index is 1500. The van der Waals surface area contributed by atoms with E-state index in [0.717, 1.165) is 22.9 Å². The van der Waals surface area contributed by atoms with E-state index in [-0.39, 0.29) is 58.1 Å². The van der Waals surface area contributed by atoms with Crippen LogP contribution in [0.1, 0.15) is 47.8 Å². The molecule has 1 aromatic heterocycles. The van der Waals surface area contributed by atoms with Gasteiger partial charge in [0.2, 0.25) is 0 Å². The van der Waals surface area contributed by atoms with Gasteiger partial charge in [-0.15, -0.1) is 0 Å². The van der Waals surface area contributed by atoms with Gasteiger partial charge in [0.05, 0.1) is 31.9 Å². The van der Waals surface area contributed by atoms with Crippen LogP contribution in [0, 0.1) is 0 Å². The summed E-state index contributed by atoms with van der Waals surface area (Å²) in [4.78, 5) is 26.5. The third-order valence-electron chi connectivity index (χ3n) is 6.17. The van der Waals surface area contributed by atoms with E-state index in [9.17, 15) is 14.7 Å². The summed E-state index contributed by atoms with van der Waals surface area (Å²) in [6, 6.07) is 17.5. The van der Waals surface area contributed by atoms with Crippen LogP contribution in [-0.4, -0.2) is 34.7 Å². The quantitative estimate of drug-likeness (QED) is 0.191. The molecule has 0 aliphatic heterocycles. The van der Waals surface area contributed by atoms with Gasteiger partial charge in [-0.3, -0.25) is 4.79 Å². The molecule has 4 aromatic rings. The zero-order valence-electron chi connectivity index (χ0n) is 22.3. The van der Waals surface area contributed by atoms with Crippen LogP contribution in [0.2, 0.25) is 0 Å². The number of allylic oxidation sites excluding steroid dienone is 1. The number of ketones is 1. The molecule has 3 aromatic carbocycles. The average Bonchev–Trinajstić information content (AvgIpc) is 3.35. The van der Waals surface area contributed by atoms with Crippen molar-refractivity contribution in [1.82, 2.24) is 8.75 Å². The number of benzene rings is 3. The maximum Gasteiger partial charge on any atom is 1.00 e. The Labute approximate surface area is 248 Å². The molecule has 0 N–H and O–H groups in total. The second-order valence-corrected chi connectivity index (χ2v) is 10.2. The maximum atomic E-state index is 13.9. The van der Waals surface area contributed by atoms with Crippen molar-refractivity contribution in [3.8, 4) is 11.5 Å². The van der Waals surface area contributed by atoms with E-state index in [0.29, 0.717) is 28.1 Å². The minimum atomic E-state index is -1.45. The fourth-order valence-corrected chi connectivity index (χ4v) is 4.63. The Balaban J connectivity index is 0.00000400. The summed E-state index contributed by atoms with van der Waals surface area (Å²) in [6.45, 7) is 6.35. The van der Waals surface area contributed by atoms with Gasteiger partial charge in [-0.2, -0.15) is 8.75 Å². The molecule has 0 saturated heterocycles. The predicted molar refractivity (Wildman–Crippen MR) is 142 cm³/mol. The molecule has 0 atom stereocenters. The number of methoxy groups -OCH3 is 2. The number of hydrogen-bond donors (Lipinski definition) is 0. The van der Waals surface area contributed by atoms with Crippen LogP contribution >= 0.6 is 11.7 Å². The molecule has 0 amide bonds. The van der Waals surface area contributed by atoms with E-state index >= 15 is 0 Å². The zero-order chi connectivity index (χ0) is 26.7. The summed E-state index contributed by atoms with van der Waals surface area (Å²) in [5.74, 6) is -1.06. The van der Waals surface area contributed by atoms with E-state index in [4.69, 9.17) is 9.47 Å². The zero-order valence-corrected chi connectivity index (χ0v) is 25.1. The molecule has 0 unspecified atom stereocenters. The smallest absolute Gasteiger partial charge is 0.545 e. The Morgan fingerprint density at radius 3 is 2.08 bits per heavy atom. The molecule has 0 saturated carbocycles. The van der Waals surface area contributed by atoms with E-state index in [1.54, 1.807) is 36.4 Å². The number of Topliss-reactive ketones (excluding diaryl/α,β-unsaturated/α-hetero) is 1. The number of rotatable bonds is 8. The summed E-state index contributed by atoms with van der Waals surface area (Å²) in [6.07, 6.45) is 0.0915. The molecule has 1 heterocycles. The monoisotopic (exact) mass is 538 g/mol. The number of ether oxygens (including phenoxy) is 2. The van der Waals surface area contributed by atoms with Gasteiger partial charge >= 0.3 is 29.6 Å². The molecular formula is C29H27N2NaO5S. The number of carboxylic acids is 1. The minimum Gasteiger partial charge on any atom is -0.545 e. The van der Waals surface area contributed by atoms with Gasteiger partial charge in [-0.1, -0.05) is 51.1 Å². The first-order chi connectivity index (χ1) is 17.6. The standard InChI is InChI=1S/C29H28N2O5S.Na/c1-29(2,3)20-10-6-17(7-11-20)14-21(27(32)19-9-13-24(35-4)25(16-19)36-5)26(28(33)34)18-8-12-22-23(15-18)31-37-30-22;/h6-13,15-16H,14H2,1-5H3,(H,33,34);/q;+1/p-1/b26-21+;. The van der Waals surface area contributed by atoms with Crippen LogP contribution in [0.4, 0.5) is 0 Å². The topological polar surface area (TPSA) is 101 Å². The van der Waals surface area contributed by atoms with Crippen LogP contribution in [0.15, 0.2) is 66.2 Å². The number of fused-ring (bicyclic) bond motifs is 1. The number of aliphatic carboxylic acids is 1. The molecule has 190 valence electrons. The largest absolute Gasteiger partial charge is 1.00 e. The van der Waals surface area contributed by atoms with Crippen molar-refractivity contribution in [3.05, 3.63) is 88.5 Å². The first-order valence-corrected chi connectivity index (χ1v) is 12.4. The SMILES string of the molecule is COc1ccc(C(=O)/C(Cc2ccc(C(C)(C)C)cc2)=C(/C(=O)[O-])c2ccc3nsnc3c2)cc1OC.[Na+]. The van der Waals surface area contributed by atoms with Gasteiger partial charge in [-0.05, 0) is 52.4 Å². The van der Waals surface area contributed by atoms with Gasteiger partial charge < -0.3 is 19.4 Å². The molecule has 0 bridgehead atoms. The van der Waals surface area contributed by atoms with Crippen LogP contribution < -0.4 is 44.1 Å². The number of nitrogens with zero attached hydrogens (tertiary/aromatic N) is 2. The van der Waals surface area contributed by atoms with Gasteiger partial charge in [0.15, 0.2) is 17.3 Å². The fourth-order valence-electron chi connectivity index (χ4n) is 4.11. The predicted octanol–water partition coefficient (Wildman–Crippen LogP) is 1.64. The molecule has 7 nitrogen and oxygen atoms in total. The molecule has 0 aliphatic carbocycles. The van der Waals surface area contributed by atoms with Crippen molar-refractivity contribution in [3.63, 3.8) is 0 Å². The van der Waals surface area contributed by atoms with Gasteiger partial charge in [0, 0.05) is 23.1 Å². The fraction of sp³-hybridized carbons (Fsp3) is 0.241. The molecular weight excluding hydrogens is 511 g/mol. The van der Waals surface area contributed by atoms with Crippen LogP contribution in [0.3, 0.4) is 0 Å². The van der Waals surface area contributed by atoms with E-state index in [1.165, 1.54) is 14.2 Å². The summed E-state index contributed by atoms with van der Waals surface area (Å²) in [5, 5.41) is 12.6. The minimum absolute atomic E-state index is 0. The van der Waals surface area contributed by atoms with Crippen molar-refractivity contribution >= 4 is 40.1 Å². The van der Waals surface area contributed by atoms with Crippen molar-refractivity contribution in [2.75, 3.05) is 14.2 Å². The van der Waals surface area contributed by atoms with Crippen LogP contribution in [-0.2, 0) is 16.6 Å². The third kappa shape index (κ3) is 6.32. The number of aromatic nitrogens is 2. The van der Waals surface area contributed by atoms with Crippen molar-refractivity contribution < 1.29 is 53.7 Å². The summed E-state index contributed by atoms with van der Waals surface area (Å²) < 4.78 is 19.1. The molecule has 0 spiro atoms. The first-order valence-electron chi connectivity index (χ1n) is 11.7. The Kier molecular flexibility index (Phi) is 9.49. The normalized spacial score (nSPS) is 11.9. The first kappa shape index (κ1) is 29.5. The Morgan fingerprint density at radius 1 is 0.842 bits per heavy atom. The van der Waals surface area contributed by atoms with Crippen molar-refractivity contribution in [2.24, 2.45) is 0 Å². The van der Waals surface area contributed by atoms with Crippen LogP contribution in [0.5, 0.6) is 11.5 Å². The molecule has 0 fully saturated rings. The van der Waals surface area contributed by atoms with Crippen molar-refractivity contribution in [2.45, 2.75) is 32.6 Å². The van der Waals surface area contributed by atoms with Gasteiger partial charge in [0.25, 0.3) is 0 Å².